The van der Waals surface area contributed by atoms with Gasteiger partial charge in [-0.1, -0.05) is 17.3 Å². The summed E-state index contributed by atoms with van der Waals surface area (Å²) in [5.74, 6) is -0.475. The van der Waals surface area contributed by atoms with E-state index in [2.05, 4.69) is 10.5 Å². The first-order chi connectivity index (χ1) is 9.61. The zero-order chi connectivity index (χ0) is 14.5. The van der Waals surface area contributed by atoms with Gasteiger partial charge in [0.05, 0.1) is 6.10 Å². The van der Waals surface area contributed by atoms with Crippen molar-refractivity contribution in [3.8, 4) is 0 Å². The van der Waals surface area contributed by atoms with Crippen molar-refractivity contribution >= 4 is 5.84 Å². The van der Waals surface area contributed by atoms with Crippen molar-refractivity contribution in [2.24, 2.45) is 10.9 Å². The molecule has 1 aliphatic heterocycles. The lowest BCUT2D eigenvalue weighted by molar-refractivity contribution is 0.0831. The number of nitrogens with one attached hydrogen (secondary N) is 1. The van der Waals surface area contributed by atoms with Gasteiger partial charge in [0.15, 0.2) is 5.84 Å². The summed E-state index contributed by atoms with van der Waals surface area (Å²) in [7, 11) is 0. The number of nitrogens with two attached hydrogens (primary N) is 1. The quantitative estimate of drug-likeness (QED) is 0.331. The number of hydrogen-bond donors (Lipinski definition) is 3. The van der Waals surface area contributed by atoms with E-state index >= 15 is 0 Å². The Morgan fingerprint density at radius 3 is 3.05 bits per heavy atom. The highest BCUT2D eigenvalue weighted by molar-refractivity contribution is 5.97. The van der Waals surface area contributed by atoms with Crippen LogP contribution in [0.1, 0.15) is 30.9 Å². The Kier molecular flexibility index (Phi) is 4.92. The Morgan fingerprint density at radius 1 is 1.65 bits per heavy atom. The van der Waals surface area contributed by atoms with Gasteiger partial charge in [-0.05, 0) is 25.8 Å². The molecule has 6 heteroatoms. The highest BCUT2D eigenvalue weighted by Gasteiger charge is 2.22. The van der Waals surface area contributed by atoms with Gasteiger partial charge in [0.25, 0.3) is 0 Å². The lowest BCUT2D eigenvalue weighted by Gasteiger charge is -2.20. The lowest BCUT2D eigenvalue weighted by Crippen LogP contribution is -2.36. The number of amidine groups is 1. The van der Waals surface area contributed by atoms with Crippen LogP contribution in [0.15, 0.2) is 23.4 Å². The van der Waals surface area contributed by atoms with Crippen molar-refractivity contribution in [1.82, 2.24) is 5.32 Å². The van der Waals surface area contributed by atoms with Crippen molar-refractivity contribution in [2.45, 2.75) is 38.5 Å². The Labute approximate surface area is 117 Å². The van der Waals surface area contributed by atoms with Crippen molar-refractivity contribution in [3.05, 3.63) is 35.1 Å². The van der Waals surface area contributed by atoms with E-state index in [1.165, 1.54) is 6.07 Å². The summed E-state index contributed by atoms with van der Waals surface area (Å²) in [6, 6.07) is 4.72. The molecular weight excluding hydrogens is 261 g/mol. The lowest BCUT2D eigenvalue weighted by atomic mass is 10.1. The average Bonchev–Trinajstić information content (AvgIpc) is 2.99. The molecule has 0 aromatic heterocycles. The van der Waals surface area contributed by atoms with Gasteiger partial charge < -0.3 is 21.0 Å². The fourth-order valence-electron chi connectivity index (χ4n) is 2.31. The molecule has 0 saturated carbocycles. The number of rotatable bonds is 5. The van der Waals surface area contributed by atoms with E-state index in [9.17, 15) is 4.39 Å². The minimum Gasteiger partial charge on any atom is -0.409 e. The first-order valence-corrected chi connectivity index (χ1v) is 6.73. The number of nitrogens with zero attached hydrogens (tertiary/aromatic N) is 1. The second-order valence-electron chi connectivity index (χ2n) is 5.01. The van der Waals surface area contributed by atoms with Crippen LogP contribution >= 0.6 is 0 Å². The van der Waals surface area contributed by atoms with Gasteiger partial charge in [-0.3, -0.25) is 0 Å². The summed E-state index contributed by atoms with van der Waals surface area (Å²) in [6.07, 6.45) is 2.33. The topological polar surface area (TPSA) is 79.9 Å². The molecule has 1 aliphatic rings. The Balaban J connectivity index is 1.96. The number of ether oxygens (including phenoxy) is 1. The molecule has 0 amide bonds. The molecule has 0 bridgehead atoms. The summed E-state index contributed by atoms with van der Waals surface area (Å²) in [5.41, 5.74) is 6.33. The highest BCUT2D eigenvalue weighted by atomic mass is 19.1. The average molecular weight is 281 g/mol. The van der Waals surface area contributed by atoms with Crippen LogP contribution < -0.4 is 11.1 Å². The van der Waals surface area contributed by atoms with Crippen LogP contribution in [0.2, 0.25) is 0 Å². The van der Waals surface area contributed by atoms with E-state index in [0.29, 0.717) is 17.7 Å². The van der Waals surface area contributed by atoms with Crippen LogP contribution in [0.5, 0.6) is 0 Å². The summed E-state index contributed by atoms with van der Waals surface area (Å²) in [5, 5.41) is 14.7. The van der Waals surface area contributed by atoms with Crippen molar-refractivity contribution < 1.29 is 14.3 Å². The minimum absolute atomic E-state index is 0.101. The molecule has 4 N–H and O–H groups in total. The molecule has 1 aromatic carbocycles. The van der Waals surface area contributed by atoms with Crippen LogP contribution in [0.25, 0.3) is 0 Å². The van der Waals surface area contributed by atoms with Gasteiger partial charge >= 0.3 is 0 Å². The standard InChI is InChI=1S/C14H20FN3O2/c1-9(13-3-2-6-20-13)17-8-11-5-4-10(7-12(11)15)14(16)18-19/h4-5,7,9,13,17,19H,2-3,6,8H2,1H3,(H2,16,18). The van der Waals surface area contributed by atoms with Crippen molar-refractivity contribution in [2.75, 3.05) is 6.61 Å². The highest BCUT2D eigenvalue weighted by Crippen LogP contribution is 2.16. The van der Waals surface area contributed by atoms with Crippen molar-refractivity contribution in [3.63, 3.8) is 0 Å². The third-order valence-corrected chi connectivity index (χ3v) is 3.59. The molecule has 0 radical (unpaired) electrons. The Bertz CT molecular complexity index is 487. The van der Waals surface area contributed by atoms with Crippen molar-refractivity contribution in [1.29, 1.82) is 0 Å². The van der Waals surface area contributed by atoms with Gasteiger partial charge in [0.1, 0.15) is 5.82 Å². The maximum Gasteiger partial charge on any atom is 0.170 e. The first-order valence-electron chi connectivity index (χ1n) is 6.73. The van der Waals surface area contributed by atoms with E-state index in [-0.39, 0.29) is 23.8 Å². The summed E-state index contributed by atoms with van der Waals surface area (Å²) < 4.78 is 19.5. The van der Waals surface area contributed by atoms with Gasteiger partial charge in [-0.2, -0.15) is 0 Å². The predicted molar refractivity (Wildman–Crippen MR) is 74.2 cm³/mol. The molecule has 1 aromatic rings. The molecule has 0 aliphatic carbocycles. The molecular formula is C14H20FN3O2. The second-order valence-corrected chi connectivity index (χ2v) is 5.01. The maximum absolute atomic E-state index is 13.9. The number of benzene rings is 1. The van der Waals surface area contributed by atoms with E-state index < -0.39 is 0 Å². The molecule has 20 heavy (non-hydrogen) atoms. The molecule has 0 spiro atoms. The van der Waals surface area contributed by atoms with E-state index in [1.54, 1.807) is 12.1 Å². The number of halogens is 1. The molecule has 2 unspecified atom stereocenters. The Morgan fingerprint density at radius 2 is 2.45 bits per heavy atom. The molecule has 2 atom stereocenters. The molecule has 5 nitrogen and oxygen atoms in total. The van der Waals surface area contributed by atoms with Gasteiger partial charge in [-0.15, -0.1) is 0 Å². The van der Waals surface area contributed by atoms with Crippen LogP contribution in [-0.2, 0) is 11.3 Å². The summed E-state index contributed by atoms with van der Waals surface area (Å²) in [6.45, 7) is 3.27. The zero-order valence-corrected chi connectivity index (χ0v) is 11.5. The summed E-state index contributed by atoms with van der Waals surface area (Å²) in [4.78, 5) is 0. The van der Waals surface area contributed by atoms with E-state index in [1.807, 2.05) is 6.92 Å². The largest absolute Gasteiger partial charge is 0.409 e. The van der Waals surface area contributed by atoms with Crippen LogP contribution in [0.4, 0.5) is 4.39 Å². The number of hydrogen-bond acceptors (Lipinski definition) is 4. The van der Waals surface area contributed by atoms with Crippen LogP contribution in [-0.4, -0.2) is 29.8 Å². The fourth-order valence-corrected chi connectivity index (χ4v) is 2.31. The third-order valence-electron chi connectivity index (χ3n) is 3.59. The van der Waals surface area contributed by atoms with Gasteiger partial charge in [0, 0.05) is 30.3 Å². The monoisotopic (exact) mass is 281 g/mol. The second kappa shape index (κ2) is 6.67. The molecule has 2 rings (SSSR count). The molecule has 1 heterocycles. The van der Waals surface area contributed by atoms with Gasteiger partial charge in [0.2, 0.25) is 0 Å². The first kappa shape index (κ1) is 14.7. The van der Waals surface area contributed by atoms with E-state index in [4.69, 9.17) is 15.7 Å². The van der Waals surface area contributed by atoms with Crippen LogP contribution in [0, 0.1) is 5.82 Å². The van der Waals surface area contributed by atoms with Gasteiger partial charge in [-0.25, -0.2) is 4.39 Å². The SMILES string of the molecule is CC(NCc1ccc(C(N)=NO)cc1F)C1CCCO1. The predicted octanol–water partition coefficient (Wildman–Crippen LogP) is 1.58. The smallest absolute Gasteiger partial charge is 0.170 e. The zero-order valence-electron chi connectivity index (χ0n) is 11.5. The molecule has 1 fully saturated rings. The Hall–Kier alpha value is -1.66. The fraction of sp³-hybridized carbons (Fsp3) is 0.500. The molecule has 1 saturated heterocycles. The van der Waals surface area contributed by atoms with Crippen LogP contribution in [0.3, 0.4) is 0 Å². The minimum atomic E-state index is -0.374. The molecule has 110 valence electrons. The van der Waals surface area contributed by atoms with E-state index in [0.717, 1.165) is 19.4 Å². The maximum atomic E-state index is 13.9. The third kappa shape index (κ3) is 3.46. The normalized spacial score (nSPS) is 21.1. The summed E-state index contributed by atoms with van der Waals surface area (Å²) >= 11 is 0. The number of oxime groups is 1.